The van der Waals surface area contributed by atoms with Crippen molar-refractivity contribution in [3.05, 3.63) is 106 Å². The third-order valence-corrected chi connectivity index (χ3v) is 8.64. The number of rotatable bonds is 6. The van der Waals surface area contributed by atoms with Gasteiger partial charge in [0, 0.05) is 21.0 Å². The highest BCUT2D eigenvalue weighted by Gasteiger charge is 2.50. The summed E-state index contributed by atoms with van der Waals surface area (Å²) >= 11 is 9.80. The highest BCUT2D eigenvalue weighted by atomic mass is 79.9. The molecule has 7 nitrogen and oxygen atoms in total. The smallest absolute Gasteiger partial charge is 0.339 e. The van der Waals surface area contributed by atoms with E-state index in [0.29, 0.717) is 44.9 Å². The van der Waals surface area contributed by atoms with E-state index in [-0.39, 0.29) is 40.9 Å². The van der Waals surface area contributed by atoms with Gasteiger partial charge in [0.05, 0.1) is 39.3 Å². The van der Waals surface area contributed by atoms with Crippen LogP contribution >= 0.6 is 27.5 Å². The predicted molar refractivity (Wildman–Crippen MR) is 163 cm³/mol. The van der Waals surface area contributed by atoms with Gasteiger partial charge in [0.1, 0.15) is 0 Å². The highest BCUT2D eigenvalue weighted by Crippen LogP contribution is 2.41. The number of Topliss-reactive ketones (excluding diaryl/α,β-unsaturated/α-hetero) is 1. The number of halogens is 2. The van der Waals surface area contributed by atoms with Crippen molar-refractivity contribution in [3.63, 3.8) is 0 Å². The van der Waals surface area contributed by atoms with Crippen molar-refractivity contribution in [2.45, 2.75) is 13.3 Å². The molecule has 210 valence electrons. The lowest BCUT2D eigenvalue weighted by atomic mass is 9.78. The van der Waals surface area contributed by atoms with Gasteiger partial charge in [-0.05, 0) is 48.7 Å². The van der Waals surface area contributed by atoms with Crippen molar-refractivity contribution in [1.82, 2.24) is 4.98 Å². The van der Waals surface area contributed by atoms with Crippen LogP contribution in [-0.4, -0.2) is 35.2 Å². The number of ether oxygens (including phenoxy) is 1. The number of ketones is 1. The summed E-state index contributed by atoms with van der Waals surface area (Å²) in [5.74, 6) is -2.09. The molecular weight excluding hydrogens is 620 g/mol. The topological polar surface area (TPSA) is 93.6 Å². The second-order valence-electron chi connectivity index (χ2n) is 10.4. The summed E-state index contributed by atoms with van der Waals surface area (Å²) in [7, 11) is 0. The van der Waals surface area contributed by atoms with Crippen molar-refractivity contribution >= 4 is 67.7 Å². The van der Waals surface area contributed by atoms with Crippen LogP contribution in [0.5, 0.6) is 0 Å². The summed E-state index contributed by atoms with van der Waals surface area (Å²) in [4.78, 5) is 58.2. The van der Waals surface area contributed by atoms with E-state index in [4.69, 9.17) is 21.3 Å². The van der Waals surface area contributed by atoms with E-state index in [1.165, 1.54) is 4.90 Å². The number of benzene rings is 3. The van der Waals surface area contributed by atoms with Crippen LogP contribution in [0.25, 0.3) is 22.2 Å². The summed E-state index contributed by atoms with van der Waals surface area (Å²) < 4.78 is 6.25. The number of carbonyl (C=O) groups is 4. The van der Waals surface area contributed by atoms with Crippen molar-refractivity contribution in [1.29, 1.82) is 0 Å². The summed E-state index contributed by atoms with van der Waals surface area (Å²) in [6.45, 7) is 1.53. The molecule has 42 heavy (non-hydrogen) atoms. The molecule has 6 rings (SSSR count). The molecule has 1 saturated heterocycles. The Morgan fingerprint density at radius 3 is 2.48 bits per heavy atom. The fourth-order valence-corrected chi connectivity index (χ4v) is 6.12. The summed E-state index contributed by atoms with van der Waals surface area (Å²) in [5, 5.41) is 0.840. The van der Waals surface area contributed by atoms with Gasteiger partial charge in [-0.25, -0.2) is 9.78 Å². The molecule has 4 aromatic rings. The van der Waals surface area contributed by atoms with Gasteiger partial charge in [-0.2, -0.15) is 0 Å². The molecule has 9 heteroatoms. The number of esters is 1. The number of imide groups is 1. The molecule has 2 amide bonds. The van der Waals surface area contributed by atoms with Crippen LogP contribution in [0.15, 0.2) is 89.4 Å². The van der Waals surface area contributed by atoms with Gasteiger partial charge in [0.25, 0.3) is 0 Å². The Morgan fingerprint density at radius 1 is 1.02 bits per heavy atom. The third kappa shape index (κ3) is 5.05. The Hall–Kier alpha value is -4.14. The predicted octanol–water partition coefficient (Wildman–Crippen LogP) is 7.06. The van der Waals surface area contributed by atoms with Gasteiger partial charge in [0.15, 0.2) is 12.4 Å². The summed E-state index contributed by atoms with van der Waals surface area (Å²) in [5.41, 5.74) is 2.61. The first-order valence-corrected chi connectivity index (χ1v) is 14.6. The second-order valence-corrected chi connectivity index (χ2v) is 11.7. The molecule has 3 unspecified atom stereocenters. The molecule has 0 N–H and O–H groups in total. The Labute approximate surface area is 255 Å². The number of hydrogen-bond donors (Lipinski definition) is 0. The normalized spacial score (nSPS) is 19.7. The van der Waals surface area contributed by atoms with Crippen LogP contribution in [0.3, 0.4) is 0 Å². The van der Waals surface area contributed by atoms with E-state index in [2.05, 4.69) is 15.9 Å². The van der Waals surface area contributed by atoms with Crippen molar-refractivity contribution < 1.29 is 23.9 Å². The number of allylic oxidation sites excluding steroid dienone is 2. The van der Waals surface area contributed by atoms with Crippen LogP contribution in [0, 0.1) is 17.8 Å². The number of pyridine rings is 1. The quantitative estimate of drug-likeness (QED) is 0.0967. The molecule has 3 aromatic carbocycles. The number of carbonyl (C=O) groups excluding carboxylic acids is 4. The first-order valence-electron chi connectivity index (χ1n) is 13.4. The molecule has 0 radical (unpaired) electrons. The number of nitrogens with zero attached hydrogens (tertiary/aromatic N) is 2. The van der Waals surface area contributed by atoms with E-state index in [1.807, 2.05) is 19.1 Å². The Morgan fingerprint density at radius 2 is 1.76 bits per heavy atom. The minimum Gasteiger partial charge on any atom is -0.454 e. The molecular formula is C33H24BrClN2O5. The maximum Gasteiger partial charge on any atom is 0.339 e. The first kappa shape index (κ1) is 28.0. The van der Waals surface area contributed by atoms with Crippen LogP contribution in [0.4, 0.5) is 5.69 Å². The SMILES string of the molecule is CC1C=CCC2C(=O)N(c3ccc(-c4cc(C(=O)OCC(=O)c5ccc(Br)cc5)c5cccc(Cl)c5n4)cc3)C(=O)C12. The molecule has 0 saturated carbocycles. The number of hydrogen-bond acceptors (Lipinski definition) is 6. The molecule has 1 fully saturated rings. The molecule has 0 spiro atoms. The second kappa shape index (κ2) is 11.3. The fourth-order valence-electron chi connectivity index (χ4n) is 5.64. The van der Waals surface area contributed by atoms with E-state index in [0.717, 1.165) is 4.47 Å². The van der Waals surface area contributed by atoms with Crippen LogP contribution in [0.1, 0.15) is 34.1 Å². The van der Waals surface area contributed by atoms with Crippen molar-refractivity contribution in [2.24, 2.45) is 17.8 Å². The van der Waals surface area contributed by atoms with Crippen LogP contribution in [0.2, 0.25) is 5.02 Å². The van der Waals surface area contributed by atoms with Gasteiger partial charge in [-0.3, -0.25) is 19.3 Å². The van der Waals surface area contributed by atoms with E-state index in [1.54, 1.807) is 72.8 Å². The van der Waals surface area contributed by atoms with Crippen LogP contribution < -0.4 is 4.90 Å². The number of fused-ring (bicyclic) bond motifs is 2. The number of para-hydroxylation sites is 1. The van der Waals surface area contributed by atoms with E-state index in [9.17, 15) is 19.2 Å². The zero-order chi connectivity index (χ0) is 29.5. The first-order chi connectivity index (χ1) is 20.2. The molecule has 2 heterocycles. The van der Waals surface area contributed by atoms with Crippen molar-refractivity contribution in [3.8, 4) is 11.3 Å². The van der Waals surface area contributed by atoms with Gasteiger partial charge in [-0.1, -0.05) is 83.0 Å². The Bertz CT molecular complexity index is 1790. The van der Waals surface area contributed by atoms with E-state index < -0.39 is 12.6 Å². The van der Waals surface area contributed by atoms with E-state index >= 15 is 0 Å². The highest BCUT2D eigenvalue weighted by molar-refractivity contribution is 9.10. The Kier molecular flexibility index (Phi) is 7.51. The van der Waals surface area contributed by atoms with Gasteiger partial charge in [0.2, 0.25) is 11.8 Å². The molecule has 1 aliphatic carbocycles. The fraction of sp³-hybridized carbons (Fsp3) is 0.182. The molecule has 0 bridgehead atoms. The van der Waals surface area contributed by atoms with Gasteiger partial charge >= 0.3 is 5.97 Å². The van der Waals surface area contributed by atoms with Crippen molar-refractivity contribution in [2.75, 3.05) is 11.5 Å². The number of amides is 2. The summed E-state index contributed by atoms with van der Waals surface area (Å²) in [6.07, 6.45) is 4.53. The average Bonchev–Trinajstić information content (AvgIpc) is 3.26. The largest absolute Gasteiger partial charge is 0.454 e. The van der Waals surface area contributed by atoms with Gasteiger partial charge in [-0.15, -0.1) is 0 Å². The molecule has 2 aliphatic rings. The minimum absolute atomic E-state index is 0.000595. The zero-order valence-corrected chi connectivity index (χ0v) is 24.8. The van der Waals surface area contributed by atoms with Gasteiger partial charge < -0.3 is 4.74 Å². The monoisotopic (exact) mass is 642 g/mol. The number of aromatic nitrogens is 1. The molecule has 1 aromatic heterocycles. The average molecular weight is 644 g/mol. The lowest BCUT2D eigenvalue weighted by Crippen LogP contribution is -2.31. The minimum atomic E-state index is -0.688. The number of anilines is 1. The lowest BCUT2D eigenvalue weighted by molar-refractivity contribution is -0.122. The lowest BCUT2D eigenvalue weighted by Gasteiger charge is -2.22. The molecule has 3 atom stereocenters. The third-order valence-electron chi connectivity index (χ3n) is 7.80. The van der Waals surface area contributed by atoms with Crippen LogP contribution in [-0.2, 0) is 14.3 Å². The molecule has 1 aliphatic heterocycles. The summed E-state index contributed by atoms with van der Waals surface area (Å²) in [6, 6.07) is 20.4. The maximum absolute atomic E-state index is 13.3. The Balaban J connectivity index is 1.29. The zero-order valence-electron chi connectivity index (χ0n) is 22.4. The maximum atomic E-state index is 13.3. The standard InChI is InChI=1S/C33H24BrClN2O5/c1-18-4-2-6-24-29(18)32(40)37(31(24)39)22-14-10-19(11-15-22)27-16-25(23-5-3-7-26(35)30(23)36-27)33(41)42-17-28(38)20-8-12-21(34)13-9-20/h2-5,7-16,18,24,29H,6,17H2,1H3.